The fourth-order valence-electron chi connectivity index (χ4n) is 1.50. The Kier molecular flexibility index (Phi) is 6.60. The van der Waals surface area contributed by atoms with Gasteiger partial charge in [-0.2, -0.15) is 0 Å². The molecule has 0 saturated carbocycles. The van der Waals surface area contributed by atoms with Gasteiger partial charge < -0.3 is 21.6 Å². The zero-order chi connectivity index (χ0) is 16.5. The first kappa shape index (κ1) is 17.2. The van der Waals surface area contributed by atoms with E-state index in [-0.39, 0.29) is 18.2 Å². The Morgan fingerprint density at radius 1 is 1.41 bits per heavy atom. The number of amidine groups is 1. The van der Waals surface area contributed by atoms with Crippen molar-refractivity contribution in [1.29, 1.82) is 0 Å². The predicted molar refractivity (Wildman–Crippen MR) is 82.2 cm³/mol. The van der Waals surface area contributed by atoms with Crippen LogP contribution in [0.5, 0.6) is 0 Å². The van der Waals surface area contributed by atoms with Gasteiger partial charge in [0.1, 0.15) is 0 Å². The van der Waals surface area contributed by atoms with Crippen molar-refractivity contribution in [3.05, 3.63) is 35.4 Å². The molecule has 0 radical (unpaired) electrons. The van der Waals surface area contributed by atoms with E-state index >= 15 is 0 Å². The Bertz CT molecular complexity index is 602. The Morgan fingerprint density at radius 2 is 2.05 bits per heavy atom. The van der Waals surface area contributed by atoms with Gasteiger partial charge in [-0.15, -0.1) is 12.3 Å². The normalized spacial score (nSPS) is 12.1. The van der Waals surface area contributed by atoms with Crippen molar-refractivity contribution < 1.29 is 14.4 Å². The quantitative estimate of drug-likeness (QED) is 0.222. The van der Waals surface area contributed by atoms with Crippen molar-refractivity contribution in [2.45, 2.75) is 25.9 Å². The fourth-order valence-corrected chi connectivity index (χ4v) is 1.50. The Balaban J connectivity index is 2.59. The minimum absolute atomic E-state index is 0.0850. The number of nitrogens with zero attached hydrogens (tertiary/aromatic N) is 1. The molecule has 1 unspecified atom stereocenters. The Labute approximate surface area is 128 Å². The number of hydrogen-bond acceptors (Lipinski definition) is 5. The molecule has 7 nitrogen and oxygen atoms in total. The van der Waals surface area contributed by atoms with E-state index in [0.29, 0.717) is 12.1 Å². The van der Waals surface area contributed by atoms with Crippen LogP contribution in [0.4, 0.5) is 0 Å². The lowest BCUT2D eigenvalue weighted by atomic mass is 10.1. The highest BCUT2D eigenvalue weighted by Crippen LogP contribution is 2.04. The van der Waals surface area contributed by atoms with Crippen LogP contribution < -0.4 is 16.8 Å². The van der Waals surface area contributed by atoms with E-state index in [1.165, 1.54) is 6.92 Å². The number of nitrogens with two attached hydrogens (primary N) is 2. The monoisotopic (exact) mass is 302 g/mol. The largest absolute Gasteiger partial charge is 0.380 e. The SMILES string of the molecule is C#CCC(N)C(=O)NCc1ccc(C(N)=NOC(C)=O)cc1. The Morgan fingerprint density at radius 3 is 2.59 bits per heavy atom. The molecule has 116 valence electrons. The van der Waals surface area contributed by atoms with Crippen molar-refractivity contribution in [2.75, 3.05) is 0 Å². The summed E-state index contributed by atoms with van der Waals surface area (Å²) >= 11 is 0. The maximum atomic E-state index is 11.6. The van der Waals surface area contributed by atoms with Crippen LogP contribution in [-0.4, -0.2) is 23.8 Å². The standard InChI is InChI=1S/C15H18N4O3/c1-3-4-13(16)15(21)18-9-11-5-7-12(8-6-11)14(17)19-22-10(2)20/h1,5-8,13H,4,9,16H2,2H3,(H2,17,19)(H,18,21). The van der Waals surface area contributed by atoms with Gasteiger partial charge in [0.05, 0.1) is 6.04 Å². The van der Waals surface area contributed by atoms with E-state index in [1.54, 1.807) is 24.3 Å². The minimum Gasteiger partial charge on any atom is -0.380 e. The molecule has 1 aromatic carbocycles. The molecule has 0 saturated heterocycles. The van der Waals surface area contributed by atoms with E-state index in [1.807, 2.05) is 0 Å². The summed E-state index contributed by atoms with van der Waals surface area (Å²) in [7, 11) is 0. The zero-order valence-electron chi connectivity index (χ0n) is 12.2. The molecule has 0 spiro atoms. The molecule has 1 amide bonds. The van der Waals surface area contributed by atoms with E-state index < -0.39 is 12.0 Å². The maximum absolute atomic E-state index is 11.6. The van der Waals surface area contributed by atoms with Gasteiger partial charge in [0.15, 0.2) is 5.84 Å². The molecule has 0 bridgehead atoms. The summed E-state index contributed by atoms with van der Waals surface area (Å²) in [6.07, 6.45) is 5.29. The molecular weight excluding hydrogens is 284 g/mol. The highest BCUT2D eigenvalue weighted by atomic mass is 16.7. The van der Waals surface area contributed by atoms with E-state index in [0.717, 1.165) is 5.56 Å². The highest BCUT2D eigenvalue weighted by Gasteiger charge is 2.11. The van der Waals surface area contributed by atoms with Gasteiger partial charge in [-0.3, -0.25) is 4.79 Å². The number of benzene rings is 1. The summed E-state index contributed by atoms with van der Waals surface area (Å²) in [5, 5.41) is 6.16. The third-order valence-electron chi connectivity index (χ3n) is 2.66. The van der Waals surface area contributed by atoms with Crippen molar-refractivity contribution in [1.82, 2.24) is 5.32 Å². The van der Waals surface area contributed by atoms with Crippen LogP contribution in [0.2, 0.25) is 0 Å². The van der Waals surface area contributed by atoms with Crippen LogP contribution in [0.15, 0.2) is 29.4 Å². The first-order chi connectivity index (χ1) is 10.4. The smallest absolute Gasteiger partial charge is 0.332 e. The van der Waals surface area contributed by atoms with E-state index in [4.69, 9.17) is 17.9 Å². The second-order valence-electron chi connectivity index (χ2n) is 4.49. The molecular formula is C15H18N4O3. The van der Waals surface area contributed by atoms with Crippen LogP contribution in [0.25, 0.3) is 0 Å². The summed E-state index contributed by atoms with van der Waals surface area (Å²) in [5.74, 6) is 1.56. The summed E-state index contributed by atoms with van der Waals surface area (Å²) in [4.78, 5) is 26.7. The van der Waals surface area contributed by atoms with Gasteiger partial charge in [-0.1, -0.05) is 29.4 Å². The van der Waals surface area contributed by atoms with Crippen molar-refractivity contribution in [2.24, 2.45) is 16.6 Å². The summed E-state index contributed by atoms with van der Waals surface area (Å²) < 4.78 is 0. The molecule has 22 heavy (non-hydrogen) atoms. The lowest BCUT2D eigenvalue weighted by Gasteiger charge is -2.10. The fraction of sp³-hybridized carbons (Fsp3) is 0.267. The van der Waals surface area contributed by atoms with Crippen LogP contribution in [-0.2, 0) is 21.0 Å². The molecule has 0 fully saturated rings. The number of nitrogens with one attached hydrogen (secondary N) is 1. The van der Waals surface area contributed by atoms with Gasteiger partial charge in [0.25, 0.3) is 0 Å². The van der Waals surface area contributed by atoms with Gasteiger partial charge in [-0.25, -0.2) is 4.79 Å². The average Bonchev–Trinajstić information content (AvgIpc) is 2.50. The molecule has 0 aromatic heterocycles. The maximum Gasteiger partial charge on any atom is 0.332 e. The number of carbonyl (C=O) groups is 2. The second kappa shape index (κ2) is 8.44. The number of hydrogen-bond donors (Lipinski definition) is 3. The van der Waals surface area contributed by atoms with E-state index in [9.17, 15) is 9.59 Å². The lowest BCUT2D eigenvalue weighted by molar-refractivity contribution is -0.140. The molecule has 1 aromatic rings. The van der Waals surface area contributed by atoms with Crippen molar-refractivity contribution in [3.63, 3.8) is 0 Å². The highest BCUT2D eigenvalue weighted by molar-refractivity contribution is 5.97. The second-order valence-corrected chi connectivity index (χ2v) is 4.49. The lowest BCUT2D eigenvalue weighted by Crippen LogP contribution is -2.39. The predicted octanol–water partition coefficient (Wildman–Crippen LogP) is -0.163. The van der Waals surface area contributed by atoms with Crippen LogP contribution in [0, 0.1) is 12.3 Å². The van der Waals surface area contributed by atoms with Crippen molar-refractivity contribution >= 4 is 17.7 Å². The van der Waals surface area contributed by atoms with Crippen molar-refractivity contribution in [3.8, 4) is 12.3 Å². The molecule has 0 aliphatic carbocycles. The van der Waals surface area contributed by atoms with Crippen LogP contribution >= 0.6 is 0 Å². The molecule has 7 heteroatoms. The number of oxime groups is 1. The number of carbonyl (C=O) groups excluding carboxylic acids is 2. The van der Waals surface area contributed by atoms with Gasteiger partial charge in [0, 0.05) is 25.5 Å². The summed E-state index contributed by atoms with van der Waals surface area (Å²) in [6.45, 7) is 1.55. The minimum atomic E-state index is -0.712. The Hall–Kier alpha value is -2.85. The van der Waals surface area contributed by atoms with Gasteiger partial charge >= 0.3 is 5.97 Å². The van der Waals surface area contributed by atoms with Gasteiger partial charge in [0.2, 0.25) is 5.91 Å². The molecule has 0 aliphatic heterocycles. The number of amides is 1. The zero-order valence-corrected chi connectivity index (χ0v) is 12.2. The number of rotatable bonds is 6. The third-order valence-corrected chi connectivity index (χ3v) is 2.66. The molecule has 1 atom stereocenters. The van der Waals surface area contributed by atoms with Crippen LogP contribution in [0.1, 0.15) is 24.5 Å². The topological polar surface area (TPSA) is 120 Å². The molecule has 0 aliphatic rings. The molecule has 1 rings (SSSR count). The molecule has 0 heterocycles. The van der Waals surface area contributed by atoms with Crippen LogP contribution in [0.3, 0.4) is 0 Å². The summed E-state index contributed by atoms with van der Waals surface area (Å²) in [6, 6.07) is 6.21. The summed E-state index contributed by atoms with van der Waals surface area (Å²) in [5.41, 5.74) is 12.7. The van der Waals surface area contributed by atoms with E-state index in [2.05, 4.69) is 21.2 Å². The third kappa shape index (κ3) is 5.64. The van der Waals surface area contributed by atoms with Gasteiger partial charge in [-0.05, 0) is 5.56 Å². The molecule has 5 N–H and O–H groups in total. The average molecular weight is 302 g/mol. The first-order valence-electron chi connectivity index (χ1n) is 6.51. The number of terminal acetylenes is 1. The first-order valence-corrected chi connectivity index (χ1v) is 6.51.